The average Bonchev–Trinajstić information content (AvgIpc) is 2.75. The van der Waals surface area contributed by atoms with E-state index in [2.05, 4.69) is 10.3 Å². The van der Waals surface area contributed by atoms with Crippen molar-refractivity contribution in [2.24, 2.45) is 0 Å². The summed E-state index contributed by atoms with van der Waals surface area (Å²) in [5, 5.41) is 5.25. The number of aryl methyl sites for hydroxylation is 1. The largest absolute Gasteiger partial charge is 0.490 e. The van der Waals surface area contributed by atoms with Crippen LogP contribution in [-0.4, -0.2) is 27.6 Å². The number of benzene rings is 1. The number of nitrogens with zero attached hydrogens (tertiary/aromatic N) is 2. The van der Waals surface area contributed by atoms with Crippen molar-refractivity contribution in [2.75, 3.05) is 0 Å². The molecule has 0 radical (unpaired) electrons. The molecule has 1 aliphatic carbocycles. The summed E-state index contributed by atoms with van der Waals surface area (Å²) in [6.07, 6.45) is 9.41. The van der Waals surface area contributed by atoms with E-state index in [9.17, 15) is 9.59 Å². The van der Waals surface area contributed by atoms with E-state index in [4.69, 9.17) is 4.74 Å². The minimum atomic E-state index is -0.0813. The van der Waals surface area contributed by atoms with Gasteiger partial charge in [-0.25, -0.2) is 0 Å². The molecule has 4 rings (SSSR count). The van der Waals surface area contributed by atoms with Gasteiger partial charge in [-0.05, 0) is 43.9 Å². The van der Waals surface area contributed by atoms with Crippen LogP contribution in [0.5, 0.6) is 5.75 Å². The highest BCUT2D eigenvalue weighted by Gasteiger charge is 2.24. The average molecular weight is 391 g/mol. The number of hydrogen-bond acceptors (Lipinski definition) is 4. The lowest BCUT2D eigenvalue weighted by Gasteiger charge is -2.30. The molecule has 0 unspecified atom stereocenters. The van der Waals surface area contributed by atoms with Crippen molar-refractivity contribution in [3.05, 3.63) is 71.4 Å². The fourth-order valence-corrected chi connectivity index (χ4v) is 3.87. The Balaban J connectivity index is 1.25. The summed E-state index contributed by atoms with van der Waals surface area (Å²) < 4.78 is 7.82. The van der Waals surface area contributed by atoms with E-state index in [0.29, 0.717) is 13.0 Å². The number of aromatic nitrogens is 2. The predicted octanol–water partition coefficient (Wildman–Crippen LogP) is 3.29. The van der Waals surface area contributed by atoms with E-state index < -0.39 is 0 Å². The van der Waals surface area contributed by atoms with Crippen LogP contribution in [0.2, 0.25) is 0 Å². The summed E-state index contributed by atoms with van der Waals surface area (Å²) in [7, 11) is 0. The van der Waals surface area contributed by atoms with E-state index in [1.807, 2.05) is 30.5 Å². The van der Waals surface area contributed by atoms with Crippen molar-refractivity contribution in [2.45, 2.75) is 50.8 Å². The van der Waals surface area contributed by atoms with Crippen molar-refractivity contribution >= 4 is 16.7 Å². The lowest BCUT2D eigenvalue weighted by atomic mass is 9.92. The molecule has 1 aliphatic rings. The number of carbonyl (C=O) groups excluding carboxylic acids is 1. The van der Waals surface area contributed by atoms with Gasteiger partial charge in [0.15, 0.2) is 0 Å². The maximum Gasteiger partial charge on any atom is 0.250 e. The molecule has 2 heterocycles. The Kier molecular flexibility index (Phi) is 5.89. The Labute approximate surface area is 169 Å². The molecule has 1 aromatic carbocycles. The third kappa shape index (κ3) is 4.83. The summed E-state index contributed by atoms with van der Waals surface area (Å²) in [5.41, 5.74) is -0.0813. The molecule has 150 valence electrons. The van der Waals surface area contributed by atoms with Gasteiger partial charge in [0.25, 0.3) is 5.56 Å². The number of ether oxygens (including phenoxy) is 1. The van der Waals surface area contributed by atoms with Gasteiger partial charge >= 0.3 is 0 Å². The quantitative estimate of drug-likeness (QED) is 0.700. The van der Waals surface area contributed by atoms with Crippen LogP contribution in [0.4, 0.5) is 0 Å². The highest BCUT2D eigenvalue weighted by Crippen LogP contribution is 2.29. The monoisotopic (exact) mass is 391 g/mol. The lowest BCUT2D eigenvalue weighted by molar-refractivity contribution is -0.122. The molecule has 0 spiro atoms. The molecule has 1 saturated carbocycles. The minimum Gasteiger partial charge on any atom is -0.490 e. The van der Waals surface area contributed by atoms with Crippen LogP contribution >= 0.6 is 0 Å². The summed E-state index contributed by atoms with van der Waals surface area (Å²) in [6.45, 7) is 0.403. The summed E-state index contributed by atoms with van der Waals surface area (Å²) in [5.74, 6) is 0.886. The molecule has 1 fully saturated rings. The van der Waals surface area contributed by atoms with Crippen LogP contribution in [0.15, 0.2) is 65.8 Å². The molecule has 6 nitrogen and oxygen atoms in total. The zero-order chi connectivity index (χ0) is 20.1. The van der Waals surface area contributed by atoms with Crippen LogP contribution < -0.4 is 15.6 Å². The van der Waals surface area contributed by atoms with Crippen LogP contribution in [-0.2, 0) is 11.3 Å². The molecule has 0 aliphatic heterocycles. The second-order valence-electron chi connectivity index (χ2n) is 7.49. The number of nitrogens with one attached hydrogen (secondary N) is 1. The maximum atomic E-state index is 12.3. The van der Waals surface area contributed by atoms with Gasteiger partial charge in [0.1, 0.15) is 5.75 Å². The van der Waals surface area contributed by atoms with Crippen molar-refractivity contribution in [3.8, 4) is 5.75 Å². The Morgan fingerprint density at radius 2 is 1.97 bits per heavy atom. The molecular formula is C23H25N3O3. The Hall–Kier alpha value is -3.15. The van der Waals surface area contributed by atoms with Crippen molar-refractivity contribution in [1.29, 1.82) is 0 Å². The van der Waals surface area contributed by atoms with Gasteiger partial charge < -0.3 is 14.6 Å². The predicted molar refractivity (Wildman–Crippen MR) is 112 cm³/mol. The number of carbonyl (C=O) groups is 1. The standard InChI is InChI=1S/C23H25N3O3/c27-22(12-15-26-14-2-1-6-23(26)28)25-18-7-9-19(10-8-18)29-21-5-3-4-17-16-24-13-11-20(17)21/h1-6,11,13-14,16,18-19H,7-10,12,15H2,(H,25,27). The molecule has 29 heavy (non-hydrogen) atoms. The third-order valence-electron chi connectivity index (χ3n) is 5.45. The number of fused-ring (bicyclic) bond motifs is 1. The zero-order valence-corrected chi connectivity index (χ0v) is 16.3. The lowest BCUT2D eigenvalue weighted by Crippen LogP contribution is -2.40. The molecule has 6 heteroatoms. The SMILES string of the molecule is O=C(CCn1ccccc1=O)NC1CCC(Oc2cccc3cnccc23)CC1. The van der Waals surface area contributed by atoms with Gasteiger partial charge in [-0.1, -0.05) is 18.2 Å². The van der Waals surface area contributed by atoms with E-state index in [1.54, 1.807) is 29.1 Å². The second kappa shape index (κ2) is 8.90. The first-order valence-corrected chi connectivity index (χ1v) is 10.1. The molecule has 2 aromatic heterocycles. The Bertz CT molecular complexity index is 1030. The zero-order valence-electron chi connectivity index (χ0n) is 16.3. The minimum absolute atomic E-state index is 0.00771. The molecule has 0 bridgehead atoms. The first-order valence-electron chi connectivity index (χ1n) is 10.1. The fraction of sp³-hybridized carbons (Fsp3) is 0.348. The first-order chi connectivity index (χ1) is 14.2. The highest BCUT2D eigenvalue weighted by molar-refractivity contribution is 5.87. The third-order valence-corrected chi connectivity index (χ3v) is 5.45. The van der Waals surface area contributed by atoms with Crippen LogP contribution in [0.1, 0.15) is 32.1 Å². The van der Waals surface area contributed by atoms with Gasteiger partial charge in [-0.2, -0.15) is 0 Å². The van der Waals surface area contributed by atoms with Gasteiger partial charge in [0, 0.05) is 54.4 Å². The first kappa shape index (κ1) is 19.2. The number of pyridine rings is 2. The fourth-order valence-electron chi connectivity index (χ4n) is 3.87. The number of hydrogen-bond donors (Lipinski definition) is 1. The molecule has 0 saturated heterocycles. The Morgan fingerprint density at radius 1 is 1.10 bits per heavy atom. The van der Waals surface area contributed by atoms with Gasteiger partial charge in [0.05, 0.1) is 6.10 Å². The highest BCUT2D eigenvalue weighted by atomic mass is 16.5. The summed E-state index contributed by atoms with van der Waals surface area (Å²) in [4.78, 5) is 28.1. The van der Waals surface area contributed by atoms with E-state index in [-0.39, 0.29) is 23.6 Å². The van der Waals surface area contributed by atoms with E-state index in [1.165, 1.54) is 6.07 Å². The molecule has 1 N–H and O–H groups in total. The van der Waals surface area contributed by atoms with E-state index in [0.717, 1.165) is 42.2 Å². The van der Waals surface area contributed by atoms with E-state index >= 15 is 0 Å². The molecule has 3 aromatic rings. The summed E-state index contributed by atoms with van der Waals surface area (Å²) in [6, 6.07) is 13.2. The van der Waals surface area contributed by atoms with Gasteiger partial charge in [-0.15, -0.1) is 0 Å². The second-order valence-corrected chi connectivity index (χ2v) is 7.49. The molecular weight excluding hydrogens is 366 g/mol. The van der Waals surface area contributed by atoms with Crippen LogP contribution in [0.3, 0.4) is 0 Å². The number of rotatable bonds is 6. The Morgan fingerprint density at radius 3 is 2.79 bits per heavy atom. The molecule has 0 atom stereocenters. The van der Waals surface area contributed by atoms with Gasteiger partial charge in [0.2, 0.25) is 5.91 Å². The molecule has 1 amide bonds. The number of amides is 1. The summed E-state index contributed by atoms with van der Waals surface area (Å²) >= 11 is 0. The van der Waals surface area contributed by atoms with Crippen molar-refractivity contribution in [1.82, 2.24) is 14.9 Å². The topological polar surface area (TPSA) is 73.2 Å². The van der Waals surface area contributed by atoms with Crippen LogP contribution in [0.25, 0.3) is 10.8 Å². The van der Waals surface area contributed by atoms with Gasteiger partial charge in [-0.3, -0.25) is 14.6 Å². The smallest absolute Gasteiger partial charge is 0.250 e. The van der Waals surface area contributed by atoms with Crippen LogP contribution in [0, 0.1) is 0 Å². The van der Waals surface area contributed by atoms with Crippen molar-refractivity contribution < 1.29 is 9.53 Å². The normalized spacial score (nSPS) is 19.0. The maximum absolute atomic E-state index is 12.3. The van der Waals surface area contributed by atoms with Crippen molar-refractivity contribution in [3.63, 3.8) is 0 Å².